The summed E-state index contributed by atoms with van der Waals surface area (Å²) in [6, 6.07) is 12.2. The molecule has 0 spiro atoms. The molecule has 1 fully saturated rings. The summed E-state index contributed by atoms with van der Waals surface area (Å²) in [5, 5.41) is 23.1. The Morgan fingerprint density at radius 3 is 2.57 bits per heavy atom. The molecular weight excluding hydrogens is 624 g/mol. The van der Waals surface area contributed by atoms with Crippen LogP contribution in [0.5, 0.6) is 0 Å². The van der Waals surface area contributed by atoms with E-state index in [0.717, 1.165) is 5.56 Å². The predicted molar refractivity (Wildman–Crippen MR) is 163 cm³/mol. The molecule has 1 unspecified atom stereocenters. The number of nitrogen functional groups attached to an aromatic ring is 1. The highest BCUT2D eigenvalue weighted by atomic mass is 32.2. The summed E-state index contributed by atoms with van der Waals surface area (Å²) in [5.74, 6) is -0.194. The number of benzene rings is 2. The Morgan fingerprint density at radius 2 is 1.89 bits per heavy atom. The molecule has 0 aliphatic carbocycles. The predicted octanol–water partition coefficient (Wildman–Crippen LogP) is 2.73. The summed E-state index contributed by atoms with van der Waals surface area (Å²) >= 11 is 0. The third kappa shape index (κ3) is 6.79. The van der Waals surface area contributed by atoms with Gasteiger partial charge in [-0.3, -0.25) is 28.6 Å². The number of para-hydroxylation sites is 1. The summed E-state index contributed by atoms with van der Waals surface area (Å²) in [6.07, 6.45) is -4.70. The molecule has 5 atom stereocenters. The standard InChI is InChI=1S/C29H34N6O10S/c1-16-9-11-17(12-10-16)46(40,41)44-13-20-22(36)23(27(45-20)34-14-31-21-25(34)32-28(30)33-26(21)37)42-15-43-24(29(2,3)4)18-7-5-6-8-19(18)35(38)39/h5-12,14,20,22-24,27,36H,13,15H2,1-4H3,(H3,30,32,33,37)/t20-,22+,23-,24?,27-/m1/s1. The maximum atomic E-state index is 12.9. The van der Waals surface area contributed by atoms with Gasteiger partial charge in [0.25, 0.3) is 21.4 Å². The van der Waals surface area contributed by atoms with Crippen molar-refractivity contribution in [1.29, 1.82) is 0 Å². The van der Waals surface area contributed by atoms with E-state index >= 15 is 0 Å². The maximum Gasteiger partial charge on any atom is 0.297 e. The quantitative estimate of drug-likeness (QED) is 0.0913. The molecule has 0 saturated carbocycles. The minimum atomic E-state index is -4.21. The smallest absolute Gasteiger partial charge is 0.297 e. The molecule has 0 radical (unpaired) electrons. The number of nitrogens with two attached hydrogens (primary N) is 1. The van der Waals surface area contributed by atoms with Gasteiger partial charge in [-0.25, -0.2) is 4.98 Å². The molecular formula is C29H34N6O10S. The van der Waals surface area contributed by atoms with E-state index in [4.69, 9.17) is 24.1 Å². The lowest BCUT2D eigenvalue weighted by atomic mass is 9.84. The van der Waals surface area contributed by atoms with Gasteiger partial charge in [-0.2, -0.15) is 13.4 Å². The molecule has 1 aliphatic rings. The molecule has 1 saturated heterocycles. The van der Waals surface area contributed by atoms with Crippen molar-refractivity contribution in [3.63, 3.8) is 0 Å². The van der Waals surface area contributed by atoms with Crippen LogP contribution < -0.4 is 11.3 Å². The number of hydrogen-bond acceptors (Lipinski definition) is 13. The number of aliphatic hydroxyl groups is 1. The van der Waals surface area contributed by atoms with Crippen molar-refractivity contribution in [3.05, 3.63) is 86.5 Å². The van der Waals surface area contributed by atoms with Gasteiger partial charge in [-0.05, 0) is 30.5 Å². The number of aliphatic hydroxyl groups excluding tert-OH is 1. The monoisotopic (exact) mass is 658 g/mol. The first kappa shape index (κ1) is 33.1. The second-order valence-corrected chi connectivity index (χ2v) is 13.5. The van der Waals surface area contributed by atoms with Crippen LogP contribution in [0.1, 0.15) is 44.2 Å². The molecule has 2 aromatic carbocycles. The lowest BCUT2D eigenvalue weighted by Crippen LogP contribution is -2.37. The van der Waals surface area contributed by atoms with Crippen LogP contribution in [-0.4, -0.2) is 69.7 Å². The van der Waals surface area contributed by atoms with E-state index in [0.29, 0.717) is 5.56 Å². The number of aromatic nitrogens is 4. The highest BCUT2D eigenvalue weighted by Crippen LogP contribution is 2.41. The van der Waals surface area contributed by atoms with E-state index in [9.17, 15) is 28.4 Å². The SMILES string of the molecule is Cc1ccc(S(=O)(=O)OC[C@H]2O[C@@H](n3cnc4c(=O)[nH]c(N)nc43)[C@H](OCOC(c3ccccc3[N+](=O)[O-])C(C)(C)C)[C@H]2O)cc1. The van der Waals surface area contributed by atoms with Gasteiger partial charge < -0.3 is 25.1 Å². The summed E-state index contributed by atoms with van der Waals surface area (Å²) in [4.78, 5) is 34.2. The Balaban J connectivity index is 1.41. The molecule has 0 bridgehead atoms. The second kappa shape index (κ2) is 12.9. The number of H-pyrrole nitrogens is 1. The van der Waals surface area contributed by atoms with Gasteiger partial charge in [-0.15, -0.1) is 0 Å². The van der Waals surface area contributed by atoms with E-state index in [2.05, 4.69) is 15.0 Å². The topological polar surface area (TPSA) is 224 Å². The van der Waals surface area contributed by atoms with Crippen LogP contribution in [0.4, 0.5) is 11.6 Å². The van der Waals surface area contributed by atoms with Gasteiger partial charge in [-0.1, -0.05) is 50.6 Å². The number of aryl methyl sites for hydroxylation is 1. The van der Waals surface area contributed by atoms with E-state index in [1.165, 1.54) is 29.1 Å². The highest BCUT2D eigenvalue weighted by Gasteiger charge is 2.47. The Labute approximate surface area is 263 Å². The molecule has 3 heterocycles. The Bertz CT molecular complexity index is 1890. The van der Waals surface area contributed by atoms with Gasteiger partial charge in [0, 0.05) is 6.07 Å². The summed E-state index contributed by atoms with van der Waals surface area (Å²) in [6.45, 7) is 6.30. The largest absolute Gasteiger partial charge is 0.387 e. The number of imidazole rings is 1. The minimum absolute atomic E-state index is 0.0225. The number of hydrogen-bond donors (Lipinski definition) is 3. The zero-order valence-corrected chi connectivity index (χ0v) is 26.2. The molecule has 4 N–H and O–H groups in total. The molecule has 1 aliphatic heterocycles. The van der Waals surface area contributed by atoms with Crippen molar-refractivity contribution in [2.45, 2.75) is 63.2 Å². The molecule has 16 nitrogen and oxygen atoms in total. The van der Waals surface area contributed by atoms with Crippen LogP contribution in [0.3, 0.4) is 0 Å². The lowest BCUT2D eigenvalue weighted by Gasteiger charge is -2.31. The molecule has 246 valence electrons. The Hall–Kier alpha value is -4.26. The fraction of sp³-hybridized carbons (Fsp3) is 0.414. The molecule has 2 aromatic heterocycles. The van der Waals surface area contributed by atoms with Gasteiger partial charge in [0.2, 0.25) is 5.95 Å². The Morgan fingerprint density at radius 1 is 1.20 bits per heavy atom. The van der Waals surface area contributed by atoms with Crippen LogP contribution in [0.15, 0.2) is 64.5 Å². The average Bonchev–Trinajstić information content (AvgIpc) is 3.54. The number of aromatic amines is 1. The average molecular weight is 659 g/mol. The highest BCUT2D eigenvalue weighted by molar-refractivity contribution is 7.86. The van der Waals surface area contributed by atoms with Crippen molar-refractivity contribution < 1.29 is 36.8 Å². The fourth-order valence-electron chi connectivity index (χ4n) is 5.19. The van der Waals surface area contributed by atoms with Crippen LogP contribution in [0.2, 0.25) is 0 Å². The first-order valence-electron chi connectivity index (χ1n) is 14.2. The zero-order valence-electron chi connectivity index (χ0n) is 25.4. The number of ether oxygens (including phenoxy) is 3. The maximum absolute atomic E-state index is 12.9. The van der Waals surface area contributed by atoms with Crippen LogP contribution in [0.25, 0.3) is 11.2 Å². The fourth-order valence-corrected chi connectivity index (χ4v) is 6.11. The number of rotatable bonds is 11. The van der Waals surface area contributed by atoms with Gasteiger partial charge in [0.15, 0.2) is 17.4 Å². The second-order valence-electron chi connectivity index (χ2n) is 11.9. The Kier molecular flexibility index (Phi) is 9.26. The number of fused-ring (bicyclic) bond motifs is 1. The third-order valence-corrected chi connectivity index (χ3v) is 8.73. The van der Waals surface area contributed by atoms with E-state index < -0.39 is 70.1 Å². The van der Waals surface area contributed by atoms with Crippen LogP contribution in [-0.2, 0) is 28.5 Å². The number of anilines is 1. The van der Waals surface area contributed by atoms with Gasteiger partial charge >= 0.3 is 0 Å². The first-order chi connectivity index (χ1) is 21.7. The van der Waals surface area contributed by atoms with Crippen molar-refractivity contribution in [2.24, 2.45) is 5.41 Å². The molecule has 17 heteroatoms. The minimum Gasteiger partial charge on any atom is -0.387 e. The van der Waals surface area contributed by atoms with Gasteiger partial charge in [0.1, 0.15) is 25.1 Å². The lowest BCUT2D eigenvalue weighted by molar-refractivity contribution is -0.386. The normalized spacial score (nSPS) is 21.1. The van der Waals surface area contributed by atoms with Crippen molar-refractivity contribution >= 4 is 32.9 Å². The van der Waals surface area contributed by atoms with Crippen molar-refractivity contribution in [2.75, 3.05) is 19.1 Å². The van der Waals surface area contributed by atoms with Crippen molar-refractivity contribution in [1.82, 2.24) is 19.5 Å². The van der Waals surface area contributed by atoms with Crippen LogP contribution in [0, 0.1) is 22.5 Å². The van der Waals surface area contributed by atoms with E-state index in [1.807, 2.05) is 27.7 Å². The van der Waals surface area contributed by atoms with Gasteiger partial charge in [0.05, 0.1) is 34.4 Å². The molecule has 0 amide bonds. The third-order valence-electron chi connectivity index (χ3n) is 7.43. The molecule has 46 heavy (non-hydrogen) atoms. The summed E-state index contributed by atoms with van der Waals surface area (Å²) in [5.41, 5.74) is 5.55. The molecule has 4 aromatic rings. The number of nitrogens with zero attached hydrogens (tertiary/aromatic N) is 4. The molecule has 5 rings (SSSR count). The van der Waals surface area contributed by atoms with Crippen molar-refractivity contribution in [3.8, 4) is 0 Å². The number of nitrogens with one attached hydrogen (secondary N) is 1. The zero-order chi connectivity index (χ0) is 33.4. The summed E-state index contributed by atoms with van der Waals surface area (Å²) < 4.78 is 50.4. The number of nitro benzene ring substituents is 1. The summed E-state index contributed by atoms with van der Waals surface area (Å²) in [7, 11) is -4.21. The number of nitro groups is 1. The van der Waals surface area contributed by atoms with E-state index in [1.54, 1.807) is 30.3 Å². The van der Waals surface area contributed by atoms with Crippen LogP contribution >= 0.6 is 0 Å². The van der Waals surface area contributed by atoms with E-state index in [-0.39, 0.29) is 27.7 Å². The first-order valence-corrected chi connectivity index (χ1v) is 15.6.